The van der Waals surface area contributed by atoms with Gasteiger partial charge in [-0.1, -0.05) is 11.6 Å². The average Bonchev–Trinajstić information content (AvgIpc) is 3.16. The molecule has 0 saturated heterocycles. The average molecular weight is 409 g/mol. The lowest BCUT2D eigenvalue weighted by Gasteiger charge is -2.14. The molecule has 6 nitrogen and oxygen atoms in total. The SMILES string of the molecule is C[NH+](CCOc1ccc(Cl)cc1)CC(=O)Nc1sc2c(c1C(N)=O)CCC2. The standard InChI is InChI=1S/C19H22ClN3O3S/c1-23(9-10-26-13-7-5-12(20)6-8-13)11-16(24)22-19-17(18(21)25)14-3-2-4-15(14)27-19/h5-8H,2-4,9-11H2,1H3,(H2,21,25)(H,22,24)/p+1. The van der Waals surface area contributed by atoms with E-state index in [9.17, 15) is 9.59 Å². The number of anilines is 1. The molecule has 8 heteroatoms. The number of carbonyl (C=O) groups excluding carboxylic acids is 2. The minimum Gasteiger partial charge on any atom is -0.488 e. The van der Waals surface area contributed by atoms with Crippen LogP contribution in [0.25, 0.3) is 0 Å². The van der Waals surface area contributed by atoms with Crippen LogP contribution in [0, 0.1) is 0 Å². The molecule has 2 aromatic rings. The highest BCUT2D eigenvalue weighted by Gasteiger charge is 2.26. The minimum atomic E-state index is -0.471. The number of quaternary nitrogens is 1. The number of benzene rings is 1. The summed E-state index contributed by atoms with van der Waals surface area (Å²) in [6.07, 6.45) is 2.84. The van der Waals surface area contributed by atoms with Crippen LogP contribution in [0.2, 0.25) is 5.02 Å². The van der Waals surface area contributed by atoms with E-state index in [-0.39, 0.29) is 12.5 Å². The van der Waals surface area contributed by atoms with Gasteiger partial charge in [0.1, 0.15) is 23.9 Å². The fourth-order valence-electron chi connectivity index (χ4n) is 3.16. The van der Waals surface area contributed by atoms with E-state index in [0.717, 1.165) is 40.4 Å². The third-order valence-corrected chi connectivity index (χ3v) is 5.95. The number of primary amides is 1. The van der Waals surface area contributed by atoms with Crippen LogP contribution < -0.4 is 20.7 Å². The Kier molecular flexibility index (Phi) is 6.36. The molecule has 4 N–H and O–H groups in total. The second-order valence-electron chi connectivity index (χ2n) is 6.66. The van der Waals surface area contributed by atoms with Gasteiger partial charge in [-0.15, -0.1) is 11.3 Å². The van der Waals surface area contributed by atoms with E-state index in [0.29, 0.717) is 28.7 Å². The van der Waals surface area contributed by atoms with Gasteiger partial charge in [0, 0.05) is 9.90 Å². The number of thiophene rings is 1. The van der Waals surface area contributed by atoms with Gasteiger partial charge in [0.15, 0.2) is 6.54 Å². The number of fused-ring (bicyclic) bond motifs is 1. The number of likely N-dealkylation sites (N-methyl/N-ethyl adjacent to an activating group) is 1. The number of halogens is 1. The molecule has 3 rings (SSSR count). The van der Waals surface area contributed by atoms with Crippen LogP contribution in [-0.2, 0) is 17.6 Å². The van der Waals surface area contributed by atoms with Crippen LogP contribution in [-0.4, -0.2) is 38.6 Å². The molecule has 0 saturated carbocycles. The molecule has 27 heavy (non-hydrogen) atoms. The highest BCUT2D eigenvalue weighted by Crippen LogP contribution is 2.38. The van der Waals surface area contributed by atoms with Crippen molar-refractivity contribution in [3.8, 4) is 5.75 Å². The summed E-state index contributed by atoms with van der Waals surface area (Å²) in [4.78, 5) is 26.3. The number of ether oxygens (including phenoxy) is 1. The van der Waals surface area contributed by atoms with E-state index in [4.69, 9.17) is 22.1 Å². The Morgan fingerprint density at radius 3 is 2.74 bits per heavy atom. The first-order valence-corrected chi connectivity index (χ1v) is 10.1. The summed E-state index contributed by atoms with van der Waals surface area (Å²) in [5, 5.41) is 4.12. The minimum absolute atomic E-state index is 0.138. The zero-order valence-electron chi connectivity index (χ0n) is 15.1. The Bertz CT molecular complexity index is 835. The number of carbonyl (C=O) groups is 2. The zero-order valence-corrected chi connectivity index (χ0v) is 16.7. The molecular weight excluding hydrogens is 386 g/mol. The Morgan fingerprint density at radius 1 is 1.30 bits per heavy atom. The van der Waals surface area contributed by atoms with E-state index < -0.39 is 5.91 Å². The molecule has 0 aliphatic heterocycles. The van der Waals surface area contributed by atoms with Gasteiger partial charge in [0.2, 0.25) is 0 Å². The fourth-order valence-corrected chi connectivity index (χ4v) is 4.60. The van der Waals surface area contributed by atoms with Gasteiger partial charge in [-0.3, -0.25) is 9.59 Å². The van der Waals surface area contributed by atoms with Gasteiger partial charge in [0.25, 0.3) is 11.8 Å². The first-order chi connectivity index (χ1) is 12.9. The van der Waals surface area contributed by atoms with Crippen molar-refractivity contribution in [3.63, 3.8) is 0 Å². The zero-order chi connectivity index (χ0) is 19.4. The Hall–Kier alpha value is -2.09. The second-order valence-corrected chi connectivity index (χ2v) is 8.20. The summed E-state index contributed by atoms with van der Waals surface area (Å²) in [5.41, 5.74) is 7.03. The molecule has 1 heterocycles. The van der Waals surface area contributed by atoms with Crippen LogP contribution in [0.5, 0.6) is 5.75 Å². The molecule has 0 fully saturated rings. The summed E-state index contributed by atoms with van der Waals surface area (Å²) in [6, 6.07) is 7.17. The third kappa shape index (κ3) is 5.00. The summed E-state index contributed by atoms with van der Waals surface area (Å²) >= 11 is 7.31. The molecular formula is C19H23ClN3O3S+. The Labute approximate surface area is 167 Å². The van der Waals surface area contributed by atoms with Gasteiger partial charge in [-0.25, -0.2) is 0 Å². The van der Waals surface area contributed by atoms with Gasteiger partial charge in [-0.05, 0) is 49.1 Å². The van der Waals surface area contributed by atoms with Crippen LogP contribution in [0.15, 0.2) is 24.3 Å². The maximum atomic E-state index is 12.4. The lowest BCUT2D eigenvalue weighted by atomic mass is 10.1. The van der Waals surface area contributed by atoms with Gasteiger partial charge in [0.05, 0.1) is 12.6 Å². The van der Waals surface area contributed by atoms with Crippen molar-refractivity contribution in [1.82, 2.24) is 0 Å². The first kappa shape index (κ1) is 19.7. The highest BCUT2D eigenvalue weighted by atomic mass is 35.5. The van der Waals surface area contributed by atoms with Gasteiger partial charge in [-0.2, -0.15) is 0 Å². The summed E-state index contributed by atoms with van der Waals surface area (Å²) in [7, 11) is 1.92. The van der Waals surface area contributed by atoms with Crippen LogP contribution in [0.3, 0.4) is 0 Å². The second kappa shape index (κ2) is 8.73. The number of amides is 2. The number of hydrogen-bond acceptors (Lipinski definition) is 4. The van der Waals surface area contributed by atoms with E-state index in [1.54, 1.807) is 12.1 Å². The predicted octanol–water partition coefficient (Wildman–Crippen LogP) is 1.52. The quantitative estimate of drug-likeness (QED) is 0.619. The largest absolute Gasteiger partial charge is 0.488 e. The van der Waals surface area contributed by atoms with Crippen molar-refractivity contribution < 1.29 is 19.2 Å². The van der Waals surface area contributed by atoms with Gasteiger partial charge < -0.3 is 20.7 Å². The number of hydrogen-bond donors (Lipinski definition) is 3. The molecule has 2 amide bonds. The van der Waals surface area contributed by atoms with Gasteiger partial charge >= 0.3 is 0 Å². The van der Waals surface area contributed by atoms with Crippen molar-refractivity contribution in [2.24, 2.45) is 5.73 Å². The van der Waals surface area contributed by atoms with Crippen LogP contribution in [0.1, 0.15) is 27.2 Å². The van der Waals surface area contributed by atoms with Crippen molar-refractivity contribution in [3.05, 3.63) is 45.3 Å². The Morgan fingerprint density at radius 2 is 2.04 bits per heavy atom. The molecule has 0 spiro atoms. The highest BCUT2D eigenvalue weighted by molar-refractivity contribution is 7.17. The van der Waals surface area contributed by atoms with Crippen molar-refractivity contribution in [2.75, 3.05) is 32.1 Å². The molecule has 1 aliphatic rings. The fraction of sp³-hybridized carbons (Fsp3) is 0.368. The predicted molar refractivity (Wildman–Crippen MR) is 107 cm³/mol. The van der Waals surface area contributed by atoms with Crippen molar-refractivity contribution in [1.29, 1.82) is 0 Å². The molecule has 1 aromatic heterocycles. The summed E-state index contributed by atoms with van der Waals surface area (Å²) < 4.78 is 5.65. The lowest BCUT2D eigenvalue weighted by Crippen LogP contribution is -3.10. The number of nitrogens with two attached hydrogens (primary N) is 1. The van der Waals surface area contributed by atoms with E-state index >= 15 is 0 Å². The molecule has 1 atom stereocenters. The third-order valence-electron chi connectivity index (χ3n) is 4.49. The maximum absolute atomic E-state index is 12.4. The van der Waals surface area contributed by atoms with Crippen LogP contribution >= 0.6 is 22.9 Å². The van der Waals surface area contributed by atoms with E-state index in [2.05, 4.69) is 5.32 Å². The van der Waals surface area contributed by atoms with Crippen LogP contribution in [0.4, 0.5) is 5.00 Å². The van der Waals surface area contributed by atoms with E-state index in [1.165, 1.54) is 11.3 Å². The number of aryl methyl sites for hydroxylation is 1. The molecule has 1 aromatic carbocycles. The molecule has 144 valence electrons. The smallest absolute Gasteiger partial charge is 0.280 e. The molecule has 1 unspecified atom stereocenters. The Balaban J connectivity index is 1.49. The van der Waals surface area contributed by atoms with E-state index in [1.807, 2.05) is 19.2 Å². The summed E-state index contributed by atoms with van der Waals surface area (Å²) in [6.45, 7) is 1.44. The molecule has 0 radical (unpaired) electrons. The molecule has 0 bridgehead atoms. The van der Waals surface area contributed by atoms with Crippen molar-refractivity contribution in [2.45, 2.75) is 19.3 Å². The number of nitrogens with one attached hydrogen (secondary N) is 2. The monoisotopic (exact) mass is 408 g/mol. The maximum Gasteiger partial charge on any atom is 0.280 e. The molecule has 1 aliphatic carbocycles. The number of rotatable bonds is 8. The topological polar surface area (TPSA) is 85.9 Å². The normalized spacial score (nSPS) is 13.9. The van der Waals surface area contributed by atoms with Crippen molar-refractivity contribution >= 4 is 39.8 Å². The summed E-state index contributed by atoms with van der Waals surface area (Å²) in [5.74, 6) is 0.138. The first-order valence-electron chi connectivity index (χ1n) is 8.88. The lowest BCUT2D eigenvalue weighted by molar-refractivity contribution is -0.871.